The SMILES string of the molecule is CC1CCN(Cc2ccc(CNC(=O)C3=NN(c4ccccc4)C(C(N)=O)C3)cc2)CC1. The Kier molecular flexibility index (Phi) is 6.85. The number of likely N-dealkylation sites (tertiary alicyclic amines) is 1. The average molecular weight is 434 g/mol. The van der Waals surface area contributed by atoms with Gasteiger partial charge in [0, 0.05) is 19.5 Å². The number of rotatable bonds is 7. The van der Waals surface area contributed by atoms with Crippen LogP contribution in [0.5, 0.6) is 0 Å². The molecule has 7 heteroatoms. The molecular formula is C25H31N5O2. The second-order valence-electron chi connectivity index (χ2n) is 8.81. The Morgan fingerprint density at radius 3 is 2.34 bits per heavy atom. The van der Waals surface area contributed by atoms with Crippen LogP contribution in [0.1, 0.15) is 37.3 Å². The smallest absolute Gasteiger partial charge is 0.267 e. The highest BCUT2D eigenvalue weighted by Gasteiger charge is 2.34. The molecule has 2 amide bonds. The summed E-state index contributed by atoms with van der Waals surface area (Å²) < 4.78 is 0. The molecule has 4 rings (SSSR count). The highest BCUT2D eigenvalue weighted by Crippen LogP contribution is 2.24. The fraction of sp³-hybridized carbons (Fsp3) is 0.400. The summed E-state index contributed by atoms with van der Waals surface area (Å²) in [5, 5.41) is 8.84. The van der Waals surface area contributed by atoms with Crippen LogP contribution in [0.25, 0.3) is 0 Å². The summed E-state index contributed by atoms with van der Waals surface area (Å²) in [4.78, 5) is 27.1. The molecule has 0 aromatic heterocycles. The van der Waals surface area contributed by atoms with Crippen molar-refractivity contribution in [3.8, 4) is 0 Å². The zero-order chi connectivity index (χ0) is 22.5. The first kappa shape index (κ1) is 22.0. The van der Waals surface area contributed by atoms with E-state index in [9.17, 15) is 9.59 Å². The van der Waals surface area contributed by atoms with E-state index in [1.807, 2.05) is 30.3 Å². The van der Waals surface area contributed by atoms with E-state index >= 15 is 0 Å². The van der Waals surface area contributed by atoms with Gasteiger partial charge in [0.05, 0.1) is 5.69 Å². The maximum absolute atomic E-state index is 12.7. The fourth-order valence-corrected chi connectivity index (χ4v) is 4.21. The minimum atomic E-state index is -0.657. The number of para-hydroxylation sites is 1. The van der Waals surface area contributed by atoms with E-state index in [0.29, 0.717) is 12.3 Å². The van der Waals surface area contributed by atoms with E-state index in [0.717, 1.165) is 36.8 Å². The largest absolute Gasteiger partial charge is 0.368 e. The van der Waals surface area contributed by atoms with Crippen LogP contribution in [0, 0.1) is 5.92 Å². The first-order chi connectivity index (χ1) is 15.5. The normalized spacial score (nSPS) is 19.6. The van der Waals surface area contributed by atoms with Crippen LogP contribution in [-0.4, -0.2) is 41.6 Å². The van der Waals surface area contributed by atoms with E-state index in [-0.39, 0.29) is 12.3 Å². The number of hydrogen-bond donors (Lipinski definition) is 2. The third kappa shape index (κ3) is 5.34. The molecule has 0 spiro atoms. The van der Waals surface area contributed by atoms with Gasteiger partial charge in [-0.3, -0.25) is 19.5 Å². The number of carbonyl (C=O) groups is 2. The summed E-state index contributed by atoms with van der Waals surface area (Å²) in [6, 6.07) is 17.0. The lowest BCUT2D eigenvalue weighted by Gasteiger charge is -2.30. The van der Waals surface area contributed by atoms with Gasteiger partial charge < -0.3 is 11.1 Å². The number of hydrogen-bond acceptors (Lipinski definition) is 5. The number of piperidine rings is 1. The van der Waals surface area contributed by atoms with Crippen molar-refractivity contribution in [2.45, 2.75) is 45.3 Å². The minimum Gasteiger partial charge on any atom is -0.368 e. The molecule has 1 unspecified atom stereocenters. The Labute approximate surface area is 189 Å². The summed E-state index contributed by atoms with van der Waals surface area (Å²) in [7, 11) is 0. The molecule has 0 bridgehead atoms. The first-order valence-electron chi connectivity index (χ1n) is 11.3. The molecule has 1 saturated heterocycles. The molecule has 2 heterocycles. The predicted octanol–water partition coefficient (Wildman–Crippen LogP) is 2.65. The van der Waals surface area contributed by atoms with Gasteiger partial charge in [-0.2, -0.15) is 5.10 Å². The Balaban J connectivity index is 1.32. The highest BCUT2D eigenvalue weighted by molar-refractivity contribution is 6.40. The van der Waals surface area contributed by atoms with Crippen LogP contribution in [0.3, 0.4) is 0 Å². The molecule has 1 fully saturated rings. The number of nitrogens with zero attached hydrogens (tertiary/aromatic N) is 3. The van der Waals surface area contributed by atoms with Crippen molar-refractivity contribution in [2.75, 3.05) is 18.1 Å². The highest BCUT2D eigenvalue weighted by atomic mass is 16.2. The van der Waals surface area contributed by atoms with Crippen molar-refractivity contribution in [3.05, 3.63) is 65.7 Å². The summed E-state index contributed by atoms with van der Waals surface area (Å²) in [5.41, 5.74) is 8.92. The first-order valence-corrected chi connectivity index (χ1v) is 11.3. The Hall–Kier alpha value is -3.19. The fourth-order valence-electron chi connectivity index (χ4n) is 4.21. The van der Waals surface area contributed by atoms with Gasteiger partial charge in [-0.1, -0.05) is 49.4 Å². The van der Waals surface area contributed by atoms with E-state index < -0.39 is 11.9 Å². The zero-order valence-electron chi connectivity index (χ0n) is 18.5. The van der Waals surface area contributed by atoms with Gasteiger partial charge in [0.15, 0.2) is 0 Å². The van der Waals surface area contributed by atoms with Crippen molar-refractivity contribution >= 4 is 23.2 Å². The third-order valence-electron chi connectivity index (χ3n) is 6.28. The van der Waals surface area contributed by atoms with Gasteiger partial charge in [-0.05, 0) is 55.1 Å². The van der Waals surface area contributed by atoms with E-state index in [1.165, 1.54) is 23.4 Å². The minimum absolute atomic E-state index is 0.198. The number of carbonyl (C=O) groups excluding carboxylic acids is 2. The summed E-state index contributed by atoms with van der Waals surface area (Å²) in [6.45, 7) is 6.03. The molecule has 7 nitrogen and oxygen atoms in total. The molecule has 2 aromatic carbocycles. The monoisotopic (exact) mass is 433 g/mol. The Morgan fingerprint density at radius 1 is 1.03 bits per heavy atom. The standard InChI is InChI=1S/C25H31N5O2/c1-18-11-13-29(14-12-18)17-20-9-7-19(8-10-20)16-27-25(32)22-15-23(24(26)31)30(28-22)21-5-3-2-4-6-21/h2-10,18,23H,11-17H2,1H3,(H2,26,31)(H,27,32). The summed E-state index contributed by atoms with van der Waals surface area (Å²) in [6.07, 6.45) is 2.74. The number of anilines is 1. The molecule has 0 saturated carbocycles. The third-order valence-corrected chi connectivity index (χ3v) is 6.28. The molecule has 2 aliphatic heterocycles. The van der Waals surface area contributed by atoms with Crippen LogP contribution in [0.4, 0.5) is 5.69 Å². The lowest BCUT2D eigenvalue weighted by molar-refractivity contribution is -0.119. The van der Waals surface area contributed by atoms with E-state index in [4.69, 9.17) is 5.73 Å². The Morgan fingerprint density at radius 2 is 1.69 bits per heavy atom. The zero-order valence-corrected chi connectivity index (χ0v) is 18.5. The van der Waals surface area contributed by atoms with Crippen molar-refractivity contribution in [3.63, 3.8) is 0 Å². The van der Waals surface area contributed by atoms with Crippen molar-refractivity contribution < 1.29 is 9.59 Å². The maximum atomic E-state index is 12.7. The summed E-state index contributed by atoms with van der Waals surface area (Å²) in [5.74, 6) is 0.0556. The maximum Gasteiger partial charge on any atom is 0.267 e. The topological polar surface area (TPSA) is 91.0 Å². The average Bonchev–Trinajstić information content (AvgIpc) is 3.27. The number of amides is 2. The van der Waals surface area contributed by atoms with Gasteiger partial charge in [0.1, 0.15) is 11.8 Å². The Bertz CT molecular complexity index is 966. The second-order valence-corrected chi connectivity index (χ2v) is 8.81. The van der Waals surface area contributed by atoms with Crippen LogP contribution < -0.4 is 16.1 Å². The number of primary amides is 1. The molecule has 0 radical (unpaired) electrons. The number of hydrazone groups is 1. The molecule has 3 N–H and O–H groups in total. The lowest BCUT2D eigenvalue weighted by Crippen LogP contribution is -2.39. The van der Waals surface area contributed by atoms with Gasteiger partial charge in [-0.25, -0.2) is 0 Å². The predicted molar refractivity (Wildman–Crippen MR) is 126 cm³/mol. The molecular weight excluding hydrogens is 402 g/mol. The van der Waals surface area contributed by atoms with Gasteiger partial charge in [0.25, 0.3) is 5.91 Å². The molecule has 168 valence electrons. The molecule has 2 aliphatic rings. The van der Waals surface area contributed by atoms with Gasteiger partial charge in [-0.15, -0.1) is 0 Å². The quantitative estimate of drug-likeness (QED) is 0.702. The van der Waals surface area contributed by atoms with E-state index in [2.05, 4.69) is 46.5 Å². The molecule has 2 aromatic rings. The number of benzene rings is 2. The van der Waals surface area contributed by atoms with Crippen molar-refractivity contribution in [1.82, 2.24) is 10.2 Å². The van der Waals surface area contributed by atoms with Crippen molar-refractivity contribution in [1.29, 1.82) is 0 Å². The lowest BCUT2D eigenvalue weighted by atomic mass is 9.99. The van der Waals surface area contributed by atoms with Gasteiger partial charge in [0.2, 0.25) is 5.91 Å². The van der Waals surface area contributed by atoms with Gasteiger partial charge >= 0.3 is 0 Å². The summed E-state index contributed by atoms with van der Waals surface area (Å²) >= 11 is 0. The van der Waals surface area contributed by atoms with E-state index in [1.54, 1.807) is 0 Å². The number of nitrogens with two attached hydrogens (primary N) is 1. The van der Waals surface area contributed by atoms with Crippen LogP contribution >= 0.6 is 0 Å². The molecule has 1 atom stereocenters. The van der Waals surface area contributed by atoms with Crippen LogP contribution in [-0.2, 0) is 22.7 Å². The van der Waals surface area contributed by atoms with Crippen molar-refractivity contribution in [2.24, 2.45) is 16.8 Å². The molecule has 0 aliphatic carbocycles. The van der Waals surface area contributed by atoms with Crippen LogP contribution in [0.2, 0.25) is 0 Å². The van der Waals surface area contributed by atoms with Crippen LogP contribution in [0.15, 0.2) is 59.7 Å². The molecule has 32 heavy (non-hydrogen) atoms. The second kappa shape index (κ2) is 9.96. The number of nitrogens with one attached hydrogen (secondary N) is 1.